The maximum atomic E-state index is 12.3. The van der Waals surface area contributed by atoms with Gasteiger partial charge in [-0.25, -0.2) is 13.1 Å². The Kier molecular flexibility index (Phi) is 6.49. The molecule has 0 heterocycles. The zero-order valence-corrected chi connectivity index (χ0v) is 13.5. The highest BCUT2D eigenvalue weighted by atomic mass is 32.2. The van der Waals surface area contributed by atoms with Crippen LogP contribution in [0.1, 0.15) is 51.5 Å². The molecule has 0 saturated carbocycles. The van der Waals surface area contributed by atoms with E-state index in [1.165, 1.54) is 12.8 Å². The number of aryl methyl sites for hydroxylation is 1. The summed E-state index contributed by atoms with van der Waals surface area (Å²) >= 11 is 0. The summed E-state index contributed by atoms with van der Waals surface area (Å²) in [5, 5.41) is 0. The quantitative estimate of drug-likeness (QED) is 0.572. The molecule has 0 aliphatic carbocycles. The lowest BCUT2D eigenvalue weighted by Crippen LogP contribution is -2.33. The van der Waals surface area contributed by atoms with Crippen LogP contribution in [0.15, 0.2) is 23.1 Å². The van der Waals surface area contributed by atoms with E-state index >= 15 is 0 Å². The molecule has 3 N–H and O–H groups in total. The Hall–Kier alpha value is -1.07. The molecule has 1 aromatic carbocycles. The van der Waals surface area contributed by atoms with E-state index in [0.29, 0.717) is 16.1 Å². The molecule has 1 rings (SSSR count). The zero-order chi connectivity index (χ0) is 15.2. The lowest BCUT2D eigenvalue weighted by atomic mass is 10.1. The van der Waals surface area contributed by atoms with Gasteiger partial charge < -0.3 is 5.73 Å². The van der Waals surface area contributed by atoms with E-state index in [1.54, 1.807) is 25.1 Å². The fourth-order valence-corrected chi connectivity index (χ4v) is 3.74. The summed E-state index contributed by atoms with van der Waals surface area (Å²) in [5.41, 5.74) is 6.91. The van der Waals surface area contributed by atoms with Gasteiger partial charge >= 0.3 is 0 Å². The molecule has 0 aromatic heterocycles. The average Bonchev–Trinajstić information content (AvgIpc) is 2.33. The second kappa shape index (κ2) is 7.64. The van der Waals surface area contributed by atoms with Crippen molar-refractivity contribution in [3.8, 4) is 0 Å². The molecule has 4 nitrogen and oxygen atoms in total. The summed E-state index contributed by atoms with van der Waals surface area (Å²) in [6.07, 6.45) is 5.47. The summed E-state index contributed by atoms with van der Waals surface area (Å²) in [6, 6.07) is 4.82. The van der Waals surface area contributed by atoms with Gasteiger partial charge in [0.15, 0.2) is 0 Å². The van der Waals surface area contributed by atoms with E-state index < -0.39 is 10.0 Å². The standard InChI is InChI=1S/C15H26N2O2S/c1-4-5-6-7-8-13(3)17-20(18,19)15-10-9-14(16)11-12(15)2/h9-11,13,17H,4-8,16H2,1-3H3. The molecule has 1 atom stereocenters. The Morgan fingerprint density at radius 3 is 2.55 bits per heavy atom. The Bertz CT molecular complexity index is 527. The molecule has 20 heavy (non-hydrogen) atoms. The Morgan fingerprint density at radius 2 is 1.95 bits per heavy atom. The number of anilines is 1. The first-order chi connectivity index (χ1) is 9.36. The number of nitrogens with one attached hydrogen (secondary N) is 1. The van der Waals surface area contributed by atoms with Crippen molar-refractivity contribution in [1.29, 1.82) is 0 Å². The van der Waals surface area contributed by atoms with Crippen molar-refractivity contribution in [3.05, 3.63) is 23.8 Å². The first-order valence-electron chi connectivity index (χ1n) is 7.25. The minimum atomic E-state index is -3.46. The third-order valence-electron chi connectivity index (χ3n) is 3.34. The summed E-state index contributed by atoms with van der Waals surface area (Å²) in [4.78, 5) is 0.312. The van der Waals surface area contributed by atoms with Crippen LogP contribution in [0.5, 0.6) is 0 Å². The minimum absolute atomic E-state index is 0.0474. The zero-order valence-electron chi connectivity index (χ0n) is 12.6. The number of nitrogens with two attached hydrogens (primary N) is 1. The Balaban J connectivity index is 2.65. The largest absolute Gasteiger partial charge is 0.399 e. The van der Waals surface area contributed by atoms with Gasteiger partial charge in [0, 0.05) is 11.7 Å². The SMILES string of the molecule is CCCCCCC(C)NS(=O)(=O)c1ccc(N)cc1C. The van der Waals surface area contributed by atoms with Gasteiger partial charge in [0.2, 0.25) is 10.0 Å². The van der Waals surface area contributed by atoms with Crippen molar-refractivity contribution in [2.75, 3.05) is 5.73 Å². The highest BCUT2D eigenvalue weighted by Gasteiger charge is 2.19. The van der Waals surface area contributed by atoms with Gasteiger partial charge in [0.25, 0.3) is 0 Å². The molecule has 0 amide bonds. The van der Waals surface area contributed by atoms with E-state index in [4.69, 9.17) is 5.73 Å². The van der Waals surface area contributed by atoms with E-state index in [1.807, 2.05) is 6.92 Å². The number of benzene rings is 1. The van der Waals surface area contributed by atoms with E-state index in [2.05, 4.69) is 11.6 Å². The predicted octanol–water partition coefficient (Wildman–Crippen LogP) is 3.21. The van der Waals surface area contributed by atoms with E-state index in [0.717, 1.165) is 19.3 Å². The van der Waals surface area contributed by atoms with Gasteiger partial charge in [-0.3, -0.25) is 0 Å². The number of hydrogen-bond donors (Lipinski definition) is 2. The number of nitrogen functional groups attached to an aromatic ring is 1. The van der Waals surface area contributed by atoms with Crippen molar-refractivity contribution >= 4 is 15.7 Å². The highest BCUT2D eigenvalue weighted by molar-refractivity contribution is 7.89. The lowest BCUT2D eigenvalue weighted by molar-refractivity contribution is 0.521. The van der Waals surface area contributed by atoms with Crippen molar-refractivity contribution in [2.45, 2.75) is 63.8 Å². The number of rotatable bonds is 8. The third-order valence-corrected chi connectivity index (χ3v) is 5.09. The molecule has 1 unspecified atom stereocenters. The first kappa shape index (κ1) is 17.0. The fourth-order valence-electron chi connectivity index (χ4n) is 2.24. The lowest BCUT2D eigenvalue weighted by Gasteiger charge is -2.15. The topological polar surface area (TPSA) is 72.2 Å². The van der Waals surface area contributed by atoms with Crippen LogP contribution < -0.4 is 10.5 Å². The second-order valence-corrected chi connectivity index (χ2v) is 7.08. The van der Waals surface area contributed by atoms with Crippen LogP contribution in [-0.4, -0.2) is 14.5 Å². The van der Waals surface area contributed by atoms with Gasteiger partial charge in [-0.15, -0.1) is 0 Å². The van der Waals surface area contributed by atoms with E-state index in [9.17, 15) is 8.42 Å². The molecule has 0 bridgehead atoms. The Morgan fingerprint density at radius 1 is 1.25 bits per heavy atom. The molecule has 0 radical (unpaired) electrons. The molecule has 5 heteroatoms. The molecule has 0 fully saturated rings. The van der Waals surface area contributed by atoms with Crippen LogP contribution in [0.25, 0.3) is 0 Å². The molecular formula is C15H26N2O2S. The van der Waals surface area contributed by atoms with Gasteiger partial charge in [0.1, 0.15) is 0 Å². The minimum Gasteiger partial charge on any atom is -0.399 e. The van der Waals surface area contributed by atoms with Crippen LogP contribution in [0.3, 0.4) is 0 Å². The maximum absolute atomic E-state index is 12.3. The molecule has 114 valence electrons. The van der Waals surface area contributed by atoms with Crippen LogP contribution in [0.2, 0.25) is 0 Å². The molecule has 0 spiro atoms. The van der Waals surface area contributed by atoms with Crippen molar-refractivity contribution in [1.82, 2.24) is 4.72 Å². The van der Waals surface area contributed by atoms with Gasteiger partial charge in [0.05, 0.1) is 4.90 Å². The van der Waals surface area contributed by atoms with Crippen molar-refractivity contribution in [2.24, 2.45) is 0 Å². The third kappa shape index (κ3) is 5.13. The fraction of sp³-hybridized carbons (Fsp3) is 0.600. The molecule has 0 aliphatic rings. The highest BCUT2D eigenvalue weighted by Crippen LogP contribution is 2.18. The van der Waals surface area contributed by atoms with Crippen LogP contribution >= 0.6 is 0 Å². The van der Waals surface area contributed by atoms with Gasteiger partial charge in [-0.1, -0.05) is 32.6 Å². The smallest absolute Gasteiger partial charge is 0.241 e. The van der Waals surface area contributed by atoms with Crippen molar-refractivity contribution in [3.63, 3.8) is 0 Å². The second-order valence-electron chi connectivity index (χ2n) is 5.40. The molecular weight excluding hydrogens is 272 g/mol. The monoisotopic (exact) mass is 298 g/mol. The summed E-state index contributed by atoms with van der Waals surface area (Å²) in [5.74, 6) is 0. The summed E-state index contributed by atoms with van der Waals surface area (Å²) in [7, 11) is -3.46. The van der Waals surface area contributed by atoms with Crippen LogP contribution in [0.4, 0.5) is 5.69 Å². The predicted molar refractivity (Wildman–Crippen MR) is 84.1 cm³/mol. The first-order valence-corrected chi connectivity index (χ1v) is 8.73. The molecule has 0 saturated heterocycles. The van der Waals surface area contributed by atoms with Gasteiger partial charge in [-0.05, 0) is 44.0 Å². The summed E-state index contributed by atoms with van der Waals surface area (Å²) < 4.78 is 27.4. The summed E-state index contributed by atoms with van der Waals surface area (Å²) in [6.45, 7) is 5.84. The van der Waals surface area contributed by atoms with Crippen LogP contribution in [-0.2, 0) is 10.0 Å². The van der Waals surface area contributed by atoms with Crippen LogP contribution in [0, 0.1) is 6.92 Å². The van der Waals surface area contributed by atoms with E-state index in [-0.39, 0.29) is 6.04 Å². The maximum Gasteiger partial charge on any atom is 0.241 e. The normalized spacial score (nSPS) is 13.3. The van der Waals surface area contributed by atoms with Crippen molar-refractivity contribution < 1.29 is 8.42 Å². The number of unbranched alkanes of at least 4 members (excludes halogenated alkanes) is 3. The average molecular weight is 298 g/mol. The van der Waals surface area contributed by atoms with Gasteiger partial charge in [-0.2, -0.15) is 0 Å². The number of sulfonamides is 1. The molecule has 0 aliphatic heterocycles. The number of hydrogen-bond acceptors (Lipinski definition) is 3. The Labute approximate surface area is 122 Å². The molecule has 1 aromatic rings.